The van der Waals surface area contributed by atoms with Crippen molar-refractivity contribution in [2.24, 2.45) is 11.8 Å². The molecule has 0 N–H and O–H groups in total. The summed E-state index contributed by atoms with van der Waals surface area (Å²) in [4.78, 5) is 0. The molecule has 1 rings (SSSR count). The standard InChI is InChI=1S/C12H20O/c1-3-5-11-6-7-12(10-11)8-9-13-4-2/h3,5,11-12H,4,6-7,9-10H2,1-2H3/q+1/b5-3+. The van der Waals surface area contributed by atoms with E-state index in [1.807, 2.05) is 6.92 Å². The zero-order chi connectivity index (χ0) is 9.52. The highest BCUT2D eigenvalue weighted by atomic mass is 16.5. The summed E-state index contributed by atoms with van der Waals surface area (Å²) >= 11 is 0. The molecular weight excluding hydrogens is 160 g/mol. The minimum Gasteiger partial charge on any atom is -0.336 e. The van der Waals surface area contributed by atoms with Crippen LogP contribution in [-0.2, 0) is 4.74 Å². The normalized spacial score (nSPS) is 28.5. The fourth-order valence-electron chi connectivity index (χ4n) is 1.93. The Balaban J connectivity index is 2.10. The lowest BCUT2D eigenvalue weighted by molar-refractivity contribution is 0.161. The predicted molar refractivity (Wildman–Crippen MR) is 55.4 cm³/mol. The van der Waals surface area contributed by atoms with Crippen molar-refractivity contribution in [2.45, 2.75) is 33.1 Å². The molecule has 0 aromatic heterocycles. The van der Waals surface area contributed by atoms with E-state index in [0.29, 0.717) is 12.5 Å². The maximum absolute atomic E-state index is 5.26. The number of allylic oxidation sites excluding steroid dienone is 2. The first-order valence-corrected chi connectivity index (χ1v) is 5.30. The molecule has 1 aliphatic carbocycles. The van der Waals surface area contributed by atoms with Crippen molar-refractivity contribution in [3.8, 4) is 0 Å². The van der Waals surface area contributed by atoms with Gasteiger partial charge in [-0.15, -0.1) is 0 Å². The van der Waals surface area contributed by atoms with Crippen LogP contribution in [0.1, 0.15) is 33.1 Å². The van der Waals surface area contributed by atoms with Crippen LogP contribution in [0.25, 0.3) is 0 Å². The largest absolute Gasteiger partial charge is 0.336 e. The van der Waals surface area contributed by atoms with E-state index < -0.39 is 0 Å². The van der Waals surface area contributed by atoms with Gasteiger partial charge < -0.3 is 4.74 Å². The second kappa shape index (κ2) is 6.09. The van der Waals surface area contributed by atoms with Crippen LogP contribution in [0.15, 0.2) is 12.2 Å². The summed E-state index contributed by atoms with van der Waals surface area (Å²) in [7, 11) is 0. The van der Waals surface area contributed by atoms with E-state index in [9.17, 15) is 0 Å². The Bertz CT molecular complexity index is 151. The average Bonchev–Trinajstić information content (AvgIpc) is 2.54. The molecule has 13 heavy (non-hydrogen) atoms. The molecular formula is C12H20O+. The molecule has 0 aromatic carbocycles. The highest BCUT2D eigenvalue weighted by Gasteiger charge is 2.32. The Labute approximate surface area is 82.2 Å². The summed E-state index contributed by atoms with van der Waals surface area (Å²) in [5.74, 6) is 1.47. The molecule has 1 radical (unpaired) electrons. The minimum absolute atomic E-state index is 0.674. The zero-order valence-corrected chi connectivity index (χ0v) is 8.75. The summed E-state index contributed by atoms with van der Waals surface area (Å²) in [6.45, 7) is 5.64. The van der Waals surface area contributed by atoms with Gasteiger partial charge in [0, 0.05) is 13.0 Å². The van der Waals surface area contributed by atoms with Crippen molar-refractivity contribution in [1.82, 2.24) is 0 Å². The molecule has 0 heterocycles. The van der Waals surface area contributed by atoms with E-state index in [0.717, 1.165) is 12.5 Å². The Hall–Kier alpha value is -0.430. The molecule has 1 heteroatoms. The maximum atomic E-state index is 5.26. The van der Waals surface area contributed by atoms with Gasteiger partial charge in [0.1, 0.15) is 5.92 Å². The van der Waals surface area contributed by atoms with Gasteiger partial charge >= 0.3 is 6.42 Å². The fourth-order valence-corrected chi connectivity index (χ4v) is 1.93. The van der Waals surface area contributed by atoms with Crippen LogP contribution in [-0.4, -0.2) is 13.2 Å². The molecule has 0 saturated heterocycles. The van der Waals surface area contributed by atoms with E-state index in [2.05, 4.69) is 25.5 Å². The Kier molecular flexibility index (Phi) is 4.99. The van der Waals surface area contributed by atoms with Crippen LogP contribution in [0.2, 0.25) is 0 Å². The van der Waals surface area contributed by atoms with Crippen LogP contribution in [0.5, 0.6) is 0 Å². The highest BCUT2D eigenvalue weighted by Crippen LogP contribution is 2.33. The summed E-state index contributed by atoms with van der Waals surface area (Å²) in [5, 5.41) is 0. The highest BCUT2D eigenvalue weighted by molar-refractivity contribution is 4.94. The van der Waals surface area contributed by atoms with Crippen molar-refractivity contribution in [3.63, 3.8) is 0 Å². The van der Waals surface area contributed by atoms with Crippen molar-refractivity contribution in [1.29, 1.82) is 0 Å². The molecule has 0 spiro atoms. The van der Waals surface area contributed by atoms with E-state index in [1.54, 1.807) is 0 Å². The first kappa shape index (κ1) is 10.6. The van der Waals surface area contributed by atoms with E-state index in [-0.39, 0.29) is 0 Å². The number of rotatable bonds is 5. The lowest BCUT2D eigenvalue weighted by atomic mass is 10.0. The van der Waals surface area contributed by atoms with Gasteiger partial charge in [-0.05, 0) is 32.6 Å². The molecule has 1 aliphatic rings. The van der Waals surface area contributed by atoms with E-state index in [1.165, 1.54) is 19.3 Å². The van der Waals surface area contributed by atoms with E-state index >= 15 is 0 Å². The van der Waals surface area contributed by atoms with Crippen LogP contribution >= 0.6 is 0 Å². The number of hydrogen-bond donors (Lipinski definition) is 0. The van der Waals surface area contributed by atoms with Crippen molar-refractivity contribution < 1.29 is 4.74 Å². The van der Waals surface area contributed by atoms with Crippen LogP contribution in [0.4, 0.5) is 0 Å². The van der Waals surface area contributed by atoms with Gasteiger partial charge in [0.15, 0.2) is 0 Å². The van der Waals surface area contributed by atoms with Crippen molar-refractivity contribution >= 4 is 0 Å². The quantitative estimate of drug-likeness (QED) is 0.359. The molecule has 1 nitrogen and oxygen atoms in total. The SMILES string of the molecule is C/C=C/C1CCC([C+]COCC)C1. The maximum Gasteiger partial charge on any atom is 0.305 e. The second-order valence-corrected chi connectivity index (χ2v) is 3.64. The first-order valence-electron chi connectivity index (χ1n) is 5.30. The molecule has 2 atom stereocenters. The van der Waals surface area contributed by atoms with Crippen molar-refractivity contribution in [2.75, 3.05) is 13.2 Å². The summed E-state index contributed by atoms with van der Waals surface area (Å²) in [6, 6.07) is 0. The van der Waals surface area contributed by atoms with Gasteiger partial charge in [0.05, 0.1) is 0 Å². The average molecular weight is 180 g/mol. The molecule has 0 amide bonds. The molecule has 73 valence electrons. The second-order valence-electron chi connectivity index (χ2n) is 3.64. The van der Waals surface area contributed by atoms with Gasteiger partial charge in [0.2, 0.25) is 6.61 Å². The van der Waals surface area contributed by atoms with Gasteiger partial charge in [-0.2, -0.15) is 0 Å². The lowest BCUT2D eigenvalue weighted by Gasteiger charge is -1.97. The molecule has 1 fully saturated rings. The predicted octanol–water partition coefficient (Wildman–Crippen LogP) is 3.10. The molecule has 0 aliphatic heterocycles. The van der Waals surface area contributed by atoms with Gasteiger partial charge in [-0.25, -0.2) is 0 Å². The topological polar surface area (TPSA) is 9.23 Å². The summed E-state index contributed by atoms with van der Waals surface area (Å²) < 4.78 is 5.26. The summed E-state index contributed by atoms with van der Waals surface area (Å²) in [6.07, 6.45) is 11.8. The van der Waals surface area contributed by atoms with Gasteiger partial charge in [-0.1, -0.05) is 12.2 Å². The van der Waals surface area contributed by atoms with E-state index in [4.69, 9.17) is 4.74 Å². The Morgan fingerprint density at radius 1 is 1.46 bits per heavy atom. The molecule has 0 aromatic rings. The van der Waals surface area contributed by atoms with Crippen LogP contribution in [0.3, 0.4) is 0 Å². The van der Waals surface area contributed by atoms with Crippen LogP contribution < -0.4 is 0 Å². The molecule has 0 bridgehead atoms. The lowest BCUT2D eigenvalue weighted by Crippen LogP contribution is -2.02. The van der Waals surface area contributed by atoms with Gasteiger partial charge in [0.25, 0.3) is 0 Å². The summed E-state index contributed by atoms with van der Waals surface area (Å²) in [5.41, 5.74) is 0. The third kappa shape index (κ3) is 3.86. The van der Waals surface area contributed by atoms with Crippen LogP contribution in [0, 0.1) is 18.3 Å². The smallest absolute Gasteiger partial charge is 0.305 e. The van der Waals surface area contributed by atoms with Gasteiger partial charge in [-0.3, -0.25) is 0 Å². The first-order chi connectivity index (χ1) is 6.36. The Morgan fingerprint density at radius 2 is 2.31 bits per heavy atom. The van der Waals surface area contributed by atoms with Crippen molar-refractivity contribution in [3.05, 3.63) is 18.6 Å². The molecule has 1 saturated carbocycles. The zero-order valence-electron chi connectivity index (χ0n) is 8.75. The number of ether oxygens (including phenoxy) is 1. The third-order valence-electron chi connectivity index (χ3n) is 2.62. The minimum atomic E-state index is 0.674. The third-order valence-corrected chi connectivity index (χ3v) is 2.62. The Morgan fingerprint density at radius 3 is 3.00 bits per heavy atom. The monoisotopic (exact) mass is 180 g/mol. The fraction of sp³-hybridized carbons (Fsp3) is 0.750. The number of hydrogen-bond acceptors (Lipinski definition) is 1. The molecule has 2 unspecified atom stereocenters.